The number of hydrogen-bond acceptors (Lipinski definition) is 6. The number of benzene rings is 2. The molecule has 0 bridgehead atoms. The smallest absolute Gasteiger partial charge is 0.319 e. The van der Waals surface area contributed by atoms with Gasteiger partial charge < -0.3 is 9.68 Å². The number of unbranched alkanes of at least 4 members (excludes halogenated alkanes) is 2. The summed E-state index contributed by atoms with van der Waals surface area (Å²) < 4.78 is 1.08. The molecule has 0 saturated heterocycles. The molecule has 198 valence electrons. The lowest BCUT2D eigenvalue weighted by atomic mass is 9.70. The van der Waals surface area contributed by atoms with Crippen LogP contribution in [0.3, 0.4) is 0 Å². The Morgan fingerprint density at radius 2 is 1.41 bits per heavy atom. The molecule has 2 aromatic rings. The minimum atomic E-state index is -0.502. The first-order chi connectivity index (χ1) is 17.6. The van der Waals surface area contributed by atoms with Crippen molar-refractivity contribution in [1.29, 1.82) is 0 Å². The van der Waals surface area contributed by atoms with E-state index in [0.717, 1.165) is 48.6 Å². The molecule has 0 radical (unpaired) electrons. The van der Waals surface area contributed by atoms with Gasteiger partial charge in [-0.25, -0.2) is 9.59 Å². The van der Waals surface area contributed by atoms with Crippen molar-refractivity contribution in [3.8, 4) is 11.1 Å². The molecule has 2 aromatic carbocycles. The number of hydrogen-bond donors (Lipinski definition) is 0. The molecule has 7 heteroatoms. The van der Waals surface area contributed by atoms with Crippen LogP contribution in [-0.2, 0) is 24.7 Å². The van der Waals surface area contributed by atoms with E-state index in [0.29, 0.717) is 11.4 Å². The quantitative estimate of drug-likeness (QED) is 0.156. The van der Waals surface area contributed by atoms with E-state index in [9.17, 15) is 9.59 Å². The number of nitrogens with zero attached hydrogens (tertiary/aromatic N) is 2. The van der Waals surface area contributed by atoms with Crippen molar-refractivity contribution in [2.75, 3.05) is 0 Å². The van der Waals surface area contributed by atoms with E-state index < -0.39 is 11.9 Å². The Kier molecular flexibility index (Phi) is 9.82. The molecule has 0 heterocycles. The van der Waals surface area contributed by atoms with Gasteiger partial charge in [0.2, 0.25) is 0 Å². The van der Waals surface area contributed by atoms with Crippen LogP contribution in [0.1, 0.15) is 96.8 Å². The highest BCUT2D eigenvalue weighted by Gasteiger charge is 2.42. The van der Waals surface area contributed by atoms with Crippen molar-refractivity contribution < 1.29 is 19.3 Å². The summed E-state index contributed by atoms with van der Waals surface area (Å²) in [6.45, 7) is 10.8. The maximum absolute atomic E-state index is 11.7. The van der Waals surface area contributed by atoms with Crippen LogP contribution in [0.2, 0.25) is 0 Å². The highest BCUT2D eigenvalue weighted by atomic mass is 79.9. The molecule has 1 atom stereocenters. The topological polar surface area (TPSA) is 77.3 Å². The third-order valence-electron chi connectivity index (χ3n) is 7.16. The first kappa shape index (κ1) is 28.8. The Balaban J connectivity index is 2.20. The van der Waals surface area contributed by atoms with Gasteiger partial charge in [-0.1, -0.05) is 90.9 Å². The normalized spacial score (nSPS) is 15.1. The van der Waals surface area contributed by atoms with Gasteiger partial charge in [0, 0.05) is 35.2 Å². The summed E-state index contributed by atoms with van der Waals surface area (Å²) >= 11 is 3.71. The minimum Gasteiger partial charge on any atom is -0.319 e. The van der Waals surface area contributed by atoms with Gasteiger partial charge in [-0.05, 0) is 60.2 Å². The number of oxime groups is 2. The lowest BCUT2D eigenvalue weighted by Crippen LogP contribution is -2.27. The predicted octanol–water partition coefficient (Wildman–Crippen LogP) is 7.94. The molecule has 0 saturated carbocycles. The van der Waals surface area contributed by atoms with Crippen molar-refractivity contribution in [2.45, 2.75) is 85.5 Å². The molecule has 3 rings (SSSR count). The van der Waals surface area contributed by atoms with E-state index in [-0.39, 0.29) is 11.3 Å². The standard InChI is InChI=1S/C30H37BrN2O4/c1-7-9-15-30(16-10-8-2)27-17-23(11-13-25(27)26-14-12-24(31)18-28(26)30)29(33-37-22(6)35)19(3)20(4)32-36-21(5)34/h11-14,17-19H,7-10,15-16H2,1-6H3/b32-20+,33-29-. The second-order valence-corrected chi connectivity index (χ2v) is 10.8. The van der Waals surface area contributed by atoms with Crippen LogP contribution in [0.5, 0.6) is 0 Å². The number of fused-ring (bicyclic) bond motifs is 3. The zero-order chi connectivity index (χ0) is 27.2. The van der Waals surface area contributed by atoms with E-state index in [4.69, 9.17) is 9.68 Å². The van der Waals surface area contributed by atoms with Crippen molar-refractivity contribution >= 4 is 39.3 Å². The zero-order valence-electron chi connectivity index (χ0n) is 22.7. The fourth-order valence-corrected chi connectivity index (χ4v) is 5.52. The van der Waals surface area contributed by atoms with Crippen LogP contribution in [0, 0.1) is 5.92 Å². The van der Waals surface area contributed by atoms with E-state index in [1.54, 1.807) is 6.92 Å². The fraction of sp³-hybridized carbons (Fsp3) is 0.467. The number of halogens is 1. The zero-order valence-corrected chi connectivity index (χ0v) is 24.3. The Morgan fingerprint density at radius 1 is 0.865 bits per heavy atom. The van der Waals surface area contributed by atoms with Gasteiger partial charge in [0.25, 0.3) is 0 Å². The predicted molar refractivity (Wildman–Crippen MR) is 152 cm³/mol. The van der Waals surface area contributed by atoms with Gasteiger partial charge in [-0.15, -0.1) is 0 Å². The molecule has 0 aliphatic heterocycles. The van der Waals surface area contributed by atoms with Crippen molar-refractivity contribution in [3.63, 3.8) is 0 Å². The maximum Gasteiger partial charge on any atom is 0.331 e. The molecule has 0 amide bonds. The van der Waals surface area contributed by atoms with Crippen LogP contribution in [0.4, 0.5) is 0 Å². The monoisotopic (exact) mass is 568 g/mol. The summed E-state index contributed by atoms with van der Waals surface area (Å²) in [5.41, 5.74) is 7.04. The second kappa shape index (κ2) is 12.6. The van der Waals surface area contributed by atoms with E-state index in [1.165, 1.54) is 36.1 Å². The van der Waals surface area contributed by atoms with Gasteiger partial charge in [0.1, 0.15) is 0 Å². The lowest BCUT2D eigenvalue weighted by Gasteiger charge is -2.33. The average Bonchev–Trinajstić information content (AvgIpc) is 3.13. The summed E-state index contributed by atoms with van der Waals surface area (Å²) in [7, 11) is 0. The Labute approximate surface area is 228 Å². The third-order valence-corrected chi connectivity index (χ3v) is 7.65. The summed E-state index contributed by atoms with van der Waals surface area (Å²) in [5, 5.41) is 8.20. The summed E-state index contributed by atoms with van der Waals surface area (Å²) in [5.74, 6) is -1.35. The summed E-state index contributed by atoms with van der Waals surface area (Å²) in [6, 6.07) is 13.0. The largest absolute Gasteiger partial charge is 0.331 e. The number of carbonyl (C=O) groups excluding carboxylic acids is 2. The first-order valence-electron chi connectivity index (χ1n) is 13.1. The SMILES string of the molecule is CCCCC1(CCCC)c2cc(Br)ccc2-c2ccc(/C(=N\OC(C)=O)C(C)/C(C)=N/OC(C)=O)cc21. The Hall–Kier alpha value is -2.80. The fourth-order valence-electron chi connectivity index (χ4n) is 5.16. The minimum absolute atomic E-state index is 0.104. The van der Waals surface area contributed by atoms with Crippen molar-refractivity contribution in [1.82, 2.24) is 0 Å². The Bertz CT molecular complexity index is 1210. The third kappa shape index (κ3) is 6.38. The average molecular weight is 570 g/mol. The summed E-state index contributed by atoms with van der Waals surface area (Å²) in [4.78, 5) is 32.9. The highest BCUT2D eigenvalue weighted by Crippen LogP contribution is 2.55. The van der Waals surface area contributed by atoms with Crippen LogP contribution >= 0.6 is 15.9 Å². The highest BCUT2D eigenvalue weighted by molar-refractivity contribution is 9.10. The summed E-state index contributed by atoms with van der Waals surface area (Å²) in [6.07, 6.45) is 6.60. The van der Waals surface area contributed by atoms with Crippen LogP contribution in [0.25, 0.3) is 11.1 Å². The van der Waals surface area contributed by atoms with Gasteiger partial charge in [0.15, 0.2) is 0 Å². The molecule has 37 heavy (non-hydrogen) atoms. The molecular formula is C30H37BrN2O4. The van der Waals surface area contributed by atoms with E-state index in [2.05, 4.69) is 70.4 Å². The molecule has 6 nitrogen and oxygen atoms in total. The van der Waals surface area contributed by atoms with Gasteiger partial charge >= 0.3 is 11.9 Å². The molecule has 0 N–H and O–H groups in total. The molecule has 0 spiro atoms. The second-order valence-electron chi connectivity index (χ2n) is 9.84. The molecular weight excluding hydrogens is 532 g/mol. The lowest BCUT2D eigenvalue weighted by molar-refractivity contribution is -0.141. The van der Waals surface area contributed by atoms with E-state index in [1.807, 2.05) is 13.0 Å². The Morgan fingerprint density at radius 3 is 1.97 bits per heavy atom. The molecule has 0 aromatic heterocycles. The number of rotatable bonds is 11. The first-order valence-corrected chi connectivity index (χ1v) is 13.9. The van der Waals surface area contributed by atoms with Crippen LogP contribution in [-0.4, -0.2) is 23.4 Å². The van der Waals surface area contributed by atoms with Crippen molar-refractivity contribution in [3.05, 3.63) is 57.6 Å². The van der Waals surface area contributed by atoms with Crippen LogP contribution in [0.15, 0.2) is 51.2 Å². The van der Waals surface area contributed by atoms with E-state index >= 15 is 0 Å². The molecule has 1 aliphatic rings. The number of carbonyl (C=O) groups is 2. The maximum atomic E-state index is 11.7. The molecule has 1 aliphatic carbocycles. The van der Waals surface area contributed by atoms with Gasteiger partial charge in [-0.3, -0.25) is 0 Å². The molecule has 0 fully saturated rings. The van der Waals surface area contributed by atoms with Gasteiger partial charge in [0.05, 0.1) is 11.4 Å². The van der Waals surface area contributed by atoms with Gasteiger partial charge in [-0.2, -0.15) is 0 Å². The van der Waals surface area contributed by atoms with Crippen molar-refractivity contribution in [2.24, 2.45) is 16.2 Å². The molecule has 1 unspecified atom stereocenters. The van der Waals surface area contributed by atoms with Crippen LogP contribution < -0.4 is 0 Å².